The van der Waals surface area contributed by atoms with Crippen LogP contribution in [-0.2, 0) is 7.05 Å². The maximum atomic E-state index is 6.17. The molecule has 6 heteroatoms. The molecule has 0 fully saturated rings. The van der Waals surface area contributed by atoms with Crippen LogP contribution in [0.15, 0.2) is 60.9 Å². The molecule has 0 unspecified atom stereocenters. The van der Waals surface area contributed by atoms with E-state index in [2.05, 4.69) is 21.5 Å². The molecule has 0 atom stereocenters. The van der Waals surface area contributed by atoms with E-state index >= 15 is 0 Å². The van der Waals surface area contributed by atoms with E-state index in [0.717, 1.165) is 39.3 Å². The Kier molecular flexibility index (Phi) is 4.22. The van der Waals surface area contributed by atoms with Crippen LogP contribution in [-0.4, -0.2) is 21.9 Å². The summed E-state index contributed by atoms with van der Waals surface area (Å²) in [5.74, 6) is 0.766. The van der Waals surface area contributed by atoms with Gasteiger partial charge in [-0.15, -0.1) is 0 Å². The van der Waals surface area contributed by atoms with Crippen LogP contribution in [0.3, 0.4) is 0 Å². The Hall–Kier alpha value is -3.05. The van der Waals surface area contributed by atoms with Crippen molar-refractivity contribution < 1.29 is 4.74 Å². The van der Waals surface area contributed by atoms with Gasteiger partial charge in [-0.05, 0) is 42.5 Å². The summed E-state index contributed by atoms with van der Waals surface area (Å²) < 4.78 is 7.31. The van der Waals surface area contributed by atoms with Crippen LogP contribution in [0.4, 0.5) is 11.4 Å². The first-order valence-corrected chi connectivity index (χ1v) is 8.50. The van der Waals surface area contributed by atoms with Crippen LogP contribution in [0, 0.1) is 0 Å². The van der Waals surface area contributed by atoms with Crippen LogP contribution in [0.2, 0.25) is 5.02 Å². The molecule has 1 N–H and O–H groups in total. The Labute approximate surface area is 156 Å². The molecule has 5 nitrogen and oxygen atoms in total. The monoisotopic (exact) mass is 364 g/mol. The van der Waals surface area contributed by atoms with Crippen molar-refractivity contribution in [3.05, 3.63) is 65.9 Å². The third-order valence-corrected chi connectivity index (χ3v) is 4.48. The molecule has 130 valence electrons. The number of fused-ring (bicyclic) bond motifs is 1. The predicted molar refractivity (Wildman–Crippen MR) is 105 cm³/mol. The molecular weight excluding hydrogens is 348 g/mol. The fraction of sp³-hybridized carbons (Fsp3) is 0.100. The number of hydrogen-bond donors (Lipinski definition) is 1. The topological polar surface area (TPSA) is 52.0 Å². The fourth-order valence-electron chi connectivity index (χ4n) is 2.98. The smallest absolute Gasteiger partial charge is 0.121 e. The van der Waals surface area contributed by atoms with Gasteiger partial charge in [-0.25, -0.2) is 0 Å². The van der Waals surface area contributed by atoms with Gasteiger partial charge in [0, 0.05) is 52.9 Å². The summed E-state index contributed by atoms with van der Waals surface area (Å²) in [6, 6.07) is 15.6. The van der Waals surface area contributed by atoms with Gasteiger partial charge < -0.3 is 10.1 Å². The molecule has 0 saturated carbocycles. The van der Waals surface area contributed by atoms with Crippen molar-refractivity contribution in [2.75, 3.05) is 12.4 Å². The molecule has 0 saturated heterocycles. The number of benzene rings is 2. The minimum atomic E-state index is 0.676. The maximum Gasteiger partial charge on any atom is 0.121 e. The van der Waals surface area contributed by atoms with Gasteiger partial charge >= 0.3 is 0 Å². The van der Waals surface area contributed by atoms with E-state index in [1.807, 2.05) is 54.2 Å². The zero-order chi connectivity index (χ0) is 18.1. The van der Waals surface area contributed by atoms with Gasteiger partial charge in [0.05, 0.1) is 18.3 Å². The number of aromatic nitrogens is 3. The van der Waals surface area contributed by atoms with E-state index in [0.29, 0.717) is 5.02 Å². The first-order valence-electron chi connectivity index (χ1n) is 8.13. The van der Waals surface area contributed by atoms with Crippen LogP contribution in [0.1, 0.15) is 0 Å². The molecule has 0 bridgehead atoms. The molecule has 0 spiro atoms. The number of hydrogen-bond acceptors (Lipinski definition) is 4. The summed E-state index contributed by atoms with van der Waals surface area (Å²) in [4.78, 5) is 4.39. The van der Waals surface area contributed by atoms with Gasteiger partial charge in [-0.1, -0.05) is 11.6 Å². The number of pyridine rings is 1. The number of halogens is 1. The largest absolute Gasteiger partial charge is 0.497 e. The van der Waals surface area contributed by atoms with Crippen molar-refractivity contribution in [3.8, 4) is 17.0 Å². The average molecular weight is 365 g/mol. The molecule has 0 aliphatic rings. The lowest BCUT2D eigenvalue weighted by Crippen LogP contribution is -1.97. The minimum absolute atomic E-state index is 0.676. The number of nitrogens with zero attached hydrogens (tertiary/aromatic N) is 3. The highest BCUT2D eigenvalue weighted by atomic mass is 35.5. The number of rotatable bonds is 4. The summed E-state index contributed by atoms with van der Waals surface area (Å²) in [5, 5.41) is 9.35. The second-order valence-corrected chi connectivity index (χ2v) is 6.37. The third-order valence-electron chi connectivity index (χ3n) is 4.24. The molecule has 0 amide bonds. The van der Waals surface area contributed by atoms with Gasteiger partial charge in [-0.2, -0.15) is 5.10 Å². The van der Waals surface area contributed by atoms with E-state index in [1.165, 1.54) is 0 Å². The van der Waals surface area contributed by atoms with Crippen molar-refractivity contribution in [1.82, 2.24) is 14.8 Å². The molecule has 0 aliphatic carbocycles. The summed E-state index contributed by atoms with van der Waals surface area (Å²) in [6.07, 6.45) is 3.56. The van der Waals surface area contributed by atoms with Crippen LogP contribution >= 0.6 is 11.6 Å². The SMILES string of the molecule is COc1cc(Nc2ccnc3ccc(Cl)cc23)cc(-c2ccnn2C)c1. The summed E-state index contributed by atoms with van der Waals surface area (Å²) >= 11 is 6.17. The van der Waals surface area contributed by atoms with Gasteiger partial charge in [0.15, 0.2) is 0 Å². The van der Waals surface area contributed by atoms with Gasteiger partial charge in [0.25, 0.3) is 0 Å². The van der Waals surface area contributed by atoms with Crippen LogP contribution in [0.25, 0.3) is 22.2 Å². The zero-order valence-corrected chi connectivity index (χ0v) is 15.2. The molecule has 26 heavy (non-hydrogen) atoms. The Morgan fingerprint density at radius 1 is 1.04 bits per heavy atom. The molecule has 2 aromatic heterocycles. The summed E-state index contributed by atoms with van der Waals surface area (Å²) in [6.45, 7) is 0. The van der Waals surface area contributed by atoms with E-state index in [-0.39, 0.29) is 0 Å². The first-order chi connectivity index (χ1) is 12.6. The molecule has 2 aromatic carbocycles. The minimum Gasteiger partial charge on any atom is -0.497 e. The number of nitrogens with one attached hydrogen (secondary N) is 1. The van der Waals surface area contributed by atoms with Crippen LogP contribution < -0.4 is 10.1 Å². The quantitative estimate of drug-likeness (QED) is 0.551. The second-order valence-electron chi connectivity index (χ2n) is 5.94. The second kappa shape index (κ2) is 6.69. The number of anilines is 2. The zero-order valence-electron chi connectivity index (χ0n) is 14.4. The Morgan fingerprint density at radius 2 is 1.92 bits per heavy atom. The molecular formula is C20H17ClN4O. The standard InChI is InChI=1S/C20H17ClN4O/c1-25-20(6-8-23-25)13-9-15(12-16(10-13)26-2)24-19-5-7-22-18-4-3-14(21)11-17(18)19/h3-12H,1-2H3,(H,22,24). The van der Waals surface area contributed by atoms with Crippen molar-refractivity contribution in [1.29, 1.82) is 0 Å². The van der Waals surface area contributed by atoms with Crippen molar-refractivity contribution in [3.63, 3.8) is 0 Å². The average Bonchev–Trinajstić information content (AvgIpc) is 3.08. The van der Waals surface area contributed by atoms with E-state index in [4.69, 9.17) is 16.3 Å². The molecule has 0 aliphatic heterocycles. The Morgan fingerprint density at radius 3 is 2.69 bits per heavy atom. The molecule has 4 rings (SSSR count). The van der Waals surface area contributed by atoms with E-state index in [1.54, 1.807) is 19.5 Å². The third kappa shape index (κ3) is 3.09. The number of ether oxygens (including phenoxy) is 1. The highest BCUT2D eigenvalue weighted by molar-refractivity contribution is 6.31. The molecule has 4 aromatic rings. The lowest BCUT2D eigenvalue weighted by atomic mass is 10.1. The van der Waals surface area contributed by atoms with E-state index < -0.39 is 0 Å². The van der Waals surface area contributed by atoms with Gasteiger partial charge in [0.1, 0.15) is 5.75 Å². The predicted octanol–water partition coefficient (Wildman–Crippen LogP) is 5.04. The lowest BCUT2D eigenvalue weighted by molar-refractivity contribution is 0.415. The lowest BCUT2D eigenvalue weighted by Gasteiger charge is -2.13. The van der Waals surface area contributed by atoms with Crippen molar-refractivity contribution in [2.45, 2.75) is 0 Å². The van der Waals surface area contributed by atoms with Gasteiger partial charge in [0.2, 0.25) is 0 Å². The summed E-state index contributed by atoms with van der Waals surface area (Å²) in [5.41, 5.74) is 4.75. The Bertz CT molecular complexity index is 1090. The highest BCUT2D eigenvalue weighted by Crippen LogP contribution is 2.32. The fourth-order valence-corrected chi connectivity index (χ4v) is 3.15. The number of methoxy groups -OCH3 is 1. The maximum absolute atomic E-state index is 6.17. The Balaban J connectivity index is 1.79. The summed E-state index contributed by atoms with van der Waals surface area (Å²) in [7, 11) is 3.58. The van der Waals surface area contributed by atoms with E-state index in [9.17, 15) is 0 Å². The van der Waals surface area contributed by atoms with Crippen molar-refractivity contribution >= 4 is 33.9 Å². The first kappa shape index (κ1) is 16.4. The molecule has 0 radical (unpaired) electrons. The van der Waals surface area contributed by atoms with Gasteiger partial charge in [-0.3, -0.25) is 9.67 Å². The van der Waals surface area contributed by atoms with Crippen LogP contribution in [0.5, 0.6) is 5.75 Å². The number of aryl methyl sites for hydroxylation is 1. The highest BCUT2D eigenvalue weighted by Gasteiger charge is 2.09. The van der Waals surface area contributed by atoms with Crippen molar-refractivity contribution in [2.24, 2.45) is 7.05 Å². The normalized spacial score (nSPS) is 10.9. The molecule has 2 heterocycles.